The van der Waals surface area contributed by atoms with Gasteiger partial charge >= 0.3 is 0 Å². The lowest BCUT2D eigenvalue weighted by Gasteiger charge is -2.35. The van der Waals surface area contributed by atoms with Crippen molar-refractivity contribution in [3.05, 3.63) is 223 Å². The average Bonchev–Trinajstić information content (AvgIpc) is 3.81. The van der Waals surface area contributed by atoms with Crippen LogP contribution in [0.1, 0.15) is 22.3 Å². The molecule has 0 radical (unpaired) electrons. The first-order valence-electron chi connectivity index (χ1n) is 20.5. The summed E-state index contributed by atoms with van der Waals surface area (Å²) in [5.41, 5.74) is 17.8. The SMILES string of the molecule is c1ccc(-c2cccc(N3c4ccccc4Sc4c3ccc3c4-c4ccccc4C34c3cccnc3-c3ncc(-c5nc(-c6ccccc6)c6ccccc6n5)cc34)c2)cc1. The molecule has 0 saturated heterocycles. The van der Waals surface area contributed by atoms with E-state index in [1.165, 1.54) is 48.9 Å². The predicted octanol–water partition coefficient (Wildman–Crippen LogP) is 13.7. The van der Waals surface area contributed by atoms with Gasteiger partial charge in [0.05, 0.1) is 39.4 Å². The smallest absolute Gasteiger partial charge is 0.161 e. The summed E-state index contributed by atoms with van der Waals surface area (Å²) in [7, 11) is 0. The molecule has 0 amide bonds. The molecule has 61 heavy (non-hydrogen) atoms. The topological polar surface area (TPSA) is 54.8 Å². The number of fused-ring (bicyclic) bond motifs is 14. The molecule has 0 saturated carbocycles. The number of pyridine rings is 2. The fourth-order valence-electron chi connectivity index (χ4n) is 10.0. The fraction of sp³-hybridized carbons (Fsp3) is 0.0182. The van der Waals surface area contributed by atoms with Crippen LogP contribution < -0.4 is 4.90 Å². The van der Waals surface area contributed by atoms with Gasteiger partial charge in [-0.3, -0.25) is 9.97 Å². The highest BCUT2D eigenvalue weighted by atomic mass is 32.2. The summed E-state index contributed by atoms with van der Waals surface area (Å²) < 4.78 is 0. The quantitative estimate of drug-likeness (QED) is 0.177. The van der Waals surface area contributed by atoms with Crippen molar-refractivity contribution in [1.29, 1.82) is 0 Å². The maximum absolute atomic E-state index is 5.29. The molecule has 7 aromatic carbocycles. The van der Waals surface area contributed by atoms with E-state index in [0.717, 1.165) is 61.6 Å². The minimum Gasteiger partial charge on any atom is -0.308 e. The maximum atomic E-state index is 5.29. The third-order valence-electron chi connectivity index (χ3n) is 12.5. The molecule has 5 nitrogen and oxygen atoms in total. The van der Waals surface area contributed by atoms with Crippen LogP contribution >= 0.6 is 11.8 Å². The van der Waals surface area contributed by atoms with Gasteiger partial charge in [-0.1, -0.05) is 151 Å². The van der Waals surface area contributed by atoms with Crippen molar-refractivity contribution in [3.8, 4) is 56.3 Å². The molecule has 13 rings (SSSR count). The fourth-order valence-corrected chi connectivity index (χ4v) is 11.2. The van der Waals surface area contributed by atoms with E-state index in [2.05, 4.69) is 175 Å². The highest BCUT2D eigenvalue weighted by Gasteiger charge is 2.54. The Balaban J connectivity index is 1.05. The highest BCUT2D eigenvalue weighted by molar-refractivity contribution is 8.00. The van der Waals surface area contributed by atoms with Crippen molar-refractivity contribution in [1.82, 2.24) is 19.9 Å². The molecular formula is C55H33N5S. The Bertz CT molecular complexity index is 3420. The van der Waals surface area contributed by atoms with Crippen molar-refractivity contribution in [3.63, 3.8) is 0 Å². The second-order valence-corrected chi connectivity index (χ2v) is 16.8. The van der Waals surface area contributed by atoms with Gasteiger partial charge in [0.25, 0.3) is 0 Å². The third-order valence-corrected chi connectivity index (χ3v) is 13.7. The van der Waals surface area contributed by atoms with Gasteiger partial charge in [0.2, 0.25) is 0 Å². The normalized spacial score (nSPS) is 15.2. The molecular weight excluding hydrogens is 763 g/mol. The van der Waals surface area contributed by atoms with E-state index in [9.17, 15) is 0 Å². The molecule has 0 N–H and O–H groups in total. The zero-order chi connectivity index (χ0) is 40.1. The predicted molar refractivity (Wildman–Crippen MR) is 247 cm³/mol. The van der Waals surface area contributed by atoms with E-state index < -0.39 is 5.41 Å². The van der Waals surface area contributed by atoms with E-state index >= 15 is 0 Å². The molecule has 1 spiro atoms. The van der Waals surface area contributed by atoms with Crippen LogP contribution in [0.25, 0.3) is 67.2 Å². The van der Waals surface area contributed by atoms with Crippen LogP contribution in [0.5, 0.6) is 0 Å². The summed E-state index contributed by atoms with van der Waals surface area (Å²) in [6.07, 6.45) is 3.82. The number of aromatic nitrogens is 4. The van der Waals surface area contributed by atoms with Crippen molar-refractivity contribution >= 4 is 39.7 Å². The molecule has 0 bridgehead atoms. The Morgan fingerprint density at radius 2 is 1.20 bits per heavy atom. The van der Waals surface area contributed by atoms with Crippen LogP contribution in [0, 0.1) is 0 Å². The molecule has 2 aliphatic carbocycles. The number of para-hydroxylation sites is 2. The lowest BCUT2D eigenvalue weighted by atomic mass is 9.71. The minimum absolute atomic E-state index is 0.643. The van der Waals surface area contributed by atoms with Gasteiger partial charge in [-0.05, 0) is 81.9 Å². The van der Waals surface area contributed by atoms with Crippen LogP contribution in [0.15, 0.2) is 210 Å². The molecule has 284 valence electrons. The molecule has 1 unspecified atom stereocenters. The molecule has 4 heterocycles. The summed E-state index contributed by atoms with van der Waals surface area (Å²) in [6.45, 7) is 0. The largest absolute Gasteiger partial charge is 0.308 e. The van der Waals surface area contributed by atoms with E-state index in [1.807, 2.05) is 42.4 Å². The first kappa shape index (κ1) is 34.2. The summed E-state index contributed by atoms with van der Waals surface area (Å²) in [5, 5.41) is 1.02. The molecule has 6 heteroatoms. The van der Waals surface area contributed by atoms with E-state index in [0.29, 0.717) is 5.82 Å². The van der Waals surface area contributed by atoms with Crippen molar-refractivity contribution in [2.24, 2.45) is 0 Å². The highest BCUT2D eigenvalue weighted by Crippen LogP contribution is 2.66. The number of nitrogens with zero attached hydrogens (tertiary/aromatic N) is 5. The zero-order valence-corrected chi connectivity index (χ0v) is 33.5. The van der Waals surface area contributed by atoms with Crippen LogP contribution in [0.2, 0.25) is 0 Å². The van der Waals surface area contributed by atoms with Crippen LogP contribution in [-0.4, -0.2) is 19.9 Å². The molecule has 10 aromatic rings. The molecule has 3 aliphatic rings. The number of benzene rings is 7. The summed E-state index contributed by atoms with van der Waals surface area (Å²) in [6, 6.07) is 67.2. The third kappa shape index (κ3) is 4.91. The number of rotatable bonds is 4. The number of hydrogen-bond donors (Lipinski definition) is 0. The van der Waals surface area contributed by atoms with E-state index in [4.69, 9.17) is 19.9 Å². The van der Waals surface area contributed by atoms with Crippen LogP contribution in [0.3, 0.4) is 0 Å². The Labute approximate surface area is 357 Å². The Kier molecular flexibility index (Phi) is 7.39. The molecule has 1 atom stereocenters. The van der Waals surface area contributed by atoms with E-state index in [-0.39, 0.29) is 0 Å². The zero-order valence-electron chi connectivity index (χ0n) is 32.7. The lowest BCUT2D eigenvalue weighted by Crippen LogP contribution is -2.26. The van der Waals surface area contributed by atoms with Crippen LogP contribution in [0.4, 0.5) is 17.1 Å². The molecule has 1 aliphatic heterocycles. The number of hydrogen-bond acceptors (Lipinski definition) is 6. The van der Waals surface area contributed by atoms with Gasteiger partial charge < -0.3 is 4.90 Å². The van der Waals surface area contributed by atoms with Gasteiger partial charge in [0.1, 0.15) is 0 Å². The molecule has 3 aromatic heterocycles. The van der Waals surface area contributed by atoms with Crippen molar-refractivity contribution < 1.29 is 0 Å². The van der Waals surface area contributed by atoms with Crippen molar-refractivity contribution in [2.75, 3.05) is 4.90 Å². The Morgan fingerprint density at radius 3 is 2.10 bits per heavy atom. The summed E-state index contributed by atoms with van der Waals surface area (Å²) >= 11 is 1.86. The van der Waals surface area contributed by atoms with E-state index in [1.54, 1.807) is 0 Å². The first-order chi connectivity index (χ1) is 30.3. The van der Waals surface area contributed by atoms with Gasteiger partial charge in [-0.2, -0.15) is 0 Å². The average molecular weight is 796 g/mol. The Hall–Kier alpha value is -7.67. The number of anilines is 3. The molecule has 0 fully saturated rings. The monoisotopic (exact) mass is 795 g/mol. The standard InChI is InChI=1S/C55H33N5S/c1-3-15-34(16-4-1)36-19-13-20-38(31-36)60-46-26-11-12-27-48(46)61-53-47(60)29-28-42-49(53)39-21-7-9-23-41(39)55(42)43-24-14-30-56-51(43)52-44(55)32-37(33-57-52)54-58-45-25-10-8-22-40(45)50(59-54)35-17-5-2-6-18-35/h1-33H. The van der Waals surface area contributed by atoms with Crippen LogP contribution in [-0.2, 0) is 5.41 Å². The van der Waals surface area contributed by atoms with Gasteiger partial charge in [-0.15, -0.1) is 0 Å². The Morgan fingerprint density at radius 1 is 0.459 bits per heavy atom. The lowest BCUT2D eigenvalue weighted by molar-refractivity contribution is 0.788. The van der Waals surface area contributed by atoms with Crippen molar-refractivity contribution in [2.45, 2.75) is 15.2 Å². The maximum Gasteiger partial charge on any atom is 0.161 e. The van der Waals surface area contributed by atoms with Gasteiger partial charge in [-0.25, -0.2) is 9.97 Å². The first-order valence-corrected chi connectivity index (χ1v) is 21.4. The van der Waals surface area contributed by atoms with Gasteiger partial charge in [0.15, 0.2) is 5.82 Å². The second kappa shape index (κ2) is 13.2. The summed E-state index contributed by atoms with van der Waals surface area (Å²) in [4.78, 5) is 25.7. The minimum atomic E-state index is -0.669. The second-order valence-electron chi connectivity index (χ2n) is 15.8. The van der Waals surface area contributed by atoms with Gasteiger partial charge in [0, 0.05) is 55.5 Å². The summed E-state index contributed by atoms with van der Waals surface area (Å²) in [5.74, 6) is 0.643.